The van der Waals surface area contributed by atoms with E-state index >= 15 is 0 Å². The molecule has 104 valence electrons. The first-order chi connectivity index (χ1) is 9.22. The molecule has 0 bridgehead atoms. The molecule has 2 aliphatic rings. The van der Waals surface area contributed by atoms with Crippen molar-refractivity contribution < 1.29 is 4.39 Å². The van der Waals surface area contributed by atoms with Gasteiger partial charge in [0.25, 0.3) is 0 Å². The number of aryl methyl sites for hydroxylation is 1. The van der Waals surface area contributed by atoms with Crippen molar-refractivity contribution in [2.24, 2.45) is 0 Å². The number of hydrogen-bond acceptors (Lipinski definition) is 2. The SMILES string of the molecule is Cc1ccc(F)cc1CN(CC1CCCN1)C1CC1. The Morgan fingerprint density at radius 3 is 2.84 bits per heavy atom. The van der Waals surface area contributed by atoms with Gasteiger partial charge in [0.1, 0.15) is 5.82 Å². The molecule has 19 heavy (non-hydrogen) atoms. The second kappa shape index (κ2) is 5.59. The molecule has 0 spiro atoms. The first kappa shape index (κ1) is 13.1. The highest BCUT2D eigenvalue weighted by atomic mass is 19.1. The van der Waals surface area contributed by atoms with Gasteiger partial charge in [-0.15, -0.1) is 0 Å². The number of benzene rings is 1. The highest BCUT2D eigenvalue weighted by molar-refractivity contribution is 5.26. The Bertz CT molecular complexity index is 436. The van der Waals surface area contributed by atoms with Crippen LogP contribution in [0.4, 0.5) is 4.39 Å². The van der Waals surface area contributed by atoms with Crippen molar-refractivity contribution in [2.45, 2.75) is 51.2 Å². The standard InChI is InChI=1S/C16H23FN2/c1-12-4-5-14(17)9-13(12)10-19(16-6-7-16)11-15-3-2-8-18-15/h4-5,9,15-16,18H,2-3,6-8,10-11H2,1H3. The first-order valence-corrected chi connectivity index (χ1v) is 7.45. The molecule has 2 fully saturated rings. The van der Waals surface area contributed by atoms with Crippen LogP contribution in [-0.2, 0) is 6.54 Å². The Hall–Kier alpha value is -0.930. The lowest BCUT2D eigenvalue weighted by molar-refractivity contribution is 0.230. The molecule has 1 aromatic rings. The molecule has 1 atom stereocenters. The third-order valence-electron chi connectivity index (χ3n) is 4.37. The zero-order chi connectivity index (χ0) is 13.2. The topological polar surface area (TPSA) is 15.3 Å². The van der Waals surface area contributed by atoms with E-state index in [-0.39, 0.29) is 5.82 Å². The van der Waals surface area contributed by atoms with Crippen LogP contribution in [-0.4, -0.2) is 30.1 Å². The van der Waals surface area contributed by atoms with Crippen molar-refractivity contribution in [3.8, 4) is 0 Å². The molecule has 1 aliphatic carbocycles. The van der Waals surface area contributed by atoms with Crippen molar-refractivity contribution in [1.82, 2.24) is 10.2 Å². The van der Waals surface area contributed by atoms with Crippen LogP contribution in [0.1, 0.15) is 36.8 Å². The lowest BCUT2D eigenvalue weighted by atomic mass is 10.1. The van der Waals surface area contributed by atoms with E-state index < -0.39 is 0 Å². The molecule has 0 amide bonds. The van der Waals surface area contributed by atoms with Crippen molar-refractivity contribution in [3.63, 3.8) is 0 Å². The second-order valence-corrected chi connectivity index (χ2v) is 6.02. The molecule has 1 N–H and O–H groups in total. The van der Waals surface area contributed by atoms with Crippen molar-refractivity contribution in [1.29, 1.82) is 0 Å². The summed E-state index contributed by atoms with van der Waals surface area (Å²) in [7, 11) is 0. The van der Waals surface area contributed by atoms with Crippen LogP contribution in [0.5, 0.6) is 0 Å². The average Bonchev–Trinajstić information content (AvgIpc) is 3.12. The van der Waals surface area contributed by atoms with Gasteiger partial charge in [0.15, 0.2) is 0 Å². The van der Waals surface area contributed by atoms with E-state index in [9.17, 15) is 4.39 Å². The minimum absolute atomic E-state index is 0.115. The summed E-state index contributed by atoms with van der Waals surface area (Å²) in [5.41, 5.74) is 2.34. The van der Waals surface area contributed by atoms with E-state index in [0.717, 1.165) is 31.2 Å². The summed E-state index contributed by atoms with van der Waals surface area (Å²) in [6.45, 7) is 5.24. The highest BCUT2D eigenvalue weighted by Gasteiger charge is 2.31. The van der Waals surface area contributed by atoms with E-state index in [4.69, 9.17) is 0 Å². The van der Waals surface area contributed by atoms with Gasteiger partial charge in [0.05, 0.1) is 0 Å². The van der Waals surface area contributed by atoms with Gasteiger partial charge in [-0.05, 0) is 62.4 Å². The van der Waals surface area contributed by atoms with Crippen LogP contribution in [0.3, 0.4) is 0 Å². The van der Waals surface area contributed by atoms with Gasteiger partial charge in [-0.25, -0.2) is 4.39 Å². The van der Waals surface area contributed by atoms with Crippen LogP contribution < -0.4 is 5.32 Å². The zero-order valence-corrected chi connectivity index (χ0v) is 11.7. The molecule has 0 radical (unpaired) electrons. The summed E-state index contributed by atoms with van der Waals surface area (Å²) in [4.78, 5) is 2.55. The molecule has 1 saturated carbocycles. The fourth-order valence-electron chi connectivity index (χ4n) is 3.01. The summed E-state index contributed by atoms with van der Waals surface area (Å²) < 4.78 is 13.4. The van der Waals surface area contributed by atoms with Crippen molar-refractivity contribution in [3.05, 3.63) is 35.1 Å². The van der Waals surface area contributed by atoms with Crippen LogP contribution in [0.25, 0.3) is 0 Å². The average molecular weight is 262 g/mol. The van der Waals surface area contributed by atoms with E-state index in [1.54, 1.807) is 12.1 Å². The monoisotopic (exact) mass is 262 g/mol. The Morgan fingerprint density at radius 2 is 2.16 bits per heavy atom. The Balaban J connectivity index is 1.68. The van der Waals surface area contributed by atoms with Crippen LogP contribution in [0.2, 0.25) is 0 Å². The smallest absolute Gasteiger partial charge is 0.123 e. The minimum atomic E-state index is -0.115. The van der Waals surface area contributed by atoms with Gasteiger partial charge in [0, 0.05) is 25.2 Å². The number of nitrogens with one attached hydrogen (secondary N) is 1. The van der Waals surface area contributed by atoms with E-state index in [0.29, 0.717) is 6.04 Å². The summed E-state index contributed by atoms with van der Waals surface area (Å²) >= 11 is 0. The van der Waals surface area contributed by atoms with Gasteiger partial charge in [-0.2, -0.15) is 0 Å². The number of hydrogen-bond donors (Lipinski definition) is 1. The minimum Gasteiger partial charge on any atom is -0.313 e. The summed E-state index contributed by atoms with van der Waals surface area (Å²) in [6, 6.07) is 6.51. The molecule has 0 aromatic heterocycles. The summed E-state index contributed by atoms with van der Waals surface area (Å²) in [6.07, 6.45) is 5.19. The molecular formula is C16H23FN2. The predicted octanol–water partition coefficient (Wildman–Crippen LogP) is 2.85. The first-order valence-electron chi connectivity index (χ1n) is 7.45. The van der Waals surface area contributed by atoms with Crippen LogP contribution in [0.15, 0.2) is 18.2 Å². The van der Waals surface area contributed by atoms with Gasteiger partial charge in [0.2, 0.25) is 0 Å². The van der Waals surface area contributed by atoms with Gasteiger partial charge >= 0.3 is 0 Å². The fraction of sp³-hybridized carbons (Fsp3) is 0.625. The fourth-order valence-corrected chi connectivity index (χ4v) is 3.01. The molecule has 3 heteroatoms. The number of rotatable bonds is 5. The summed E-state index contributed by atoms with van der Waals surface area (Å²) in [5.74, 6) is -0.115. The van der Waals surface area contributed by atoms with E-state index in [2.05, 4.69) is 17.1 Å². The molecule has 1 aromatic carbocycles. The maximum atomic E-state index is 13.4. The van der Waals surface area contributed by atoms with Crippen LogP contribution >= 0.6 is 0 Å². The predicted molar refractivity (Wildman–Crippen MR) is 75.6 cm³/mol. The molecule has 1 heterocycles. The normalized spacial score (nSPS) is 23.2. The molecule has 3 rings (SSSR count). The highest BCUT2D eigenvalue weighted by Crippen LogP contribution is 2.29. The quantitative estimate of drug-likeness (QED) is 0.878. The number of nitrogens with zero attached hydrogens (tertiary/aromatic N) is 1. The van der Waals surface area contributed by atoms with E-state index in [1.807, 2.05) is 6.07 Å². The molecule has 2 nitrogen and oxygen atoms in total. The van der Waals surface area contributed by atoms with Gasteiger partial charge in [-0.3, -0.25) is 4.90 Å². The Labute approximate surface area is 115 Å². The Morgan fingerprint density at radius 1 is 1.32 bits per heavy atom. The van der Waals surface area contributed by atoms with Crippen molar-refractivity contribution in [2.75, 3.05) is 13.1 Å². The Kier molecular flexibility index (Phi) is 3.85. The lowest BCUT2D eigenvalue weighted by Gasteiger charge is -2.26. The maximum Gasteiger partial charge on any atom is 0.123 e. The molecular weight excluding hydrogens is 239 g/mol. The maximum absolute atomic E-state index is 13.4. The molecule has 1 unspecified atom stereocenters. The number of halogens is 1. The lowest BCUT2D eigenvalue weighted by Crippen LogP contribution is -2.38. The third-order valence-corrected chi connectivity index (χ3v) is 4.37. The van der Waals surface area contributed by atoms with Crippen molar-refractivity contribution >= 4 is 0 Å². The van der Waals surface area contributed by atoms with Crippen LogP contribution in [0, 0.1) is 12.7 Å². The largest absolute Gasteiger partial charge is 0.313 e. The molecule has 1 aliphatic heterocycles. The third kappa shape index (κ3) is 3.34. The second-order valence-electron chi connectivity index (χ2n) is 6.02. The van der Waals surface area contributed by atoms with Gasteiger partial charge < -0.3 is 5.32 Å². The van der Waals surface area contributed by atoms with E-state index in [1.165, 1.54) is 31.2 Å². The summed E-state index contributed by atoms with van der Waals surface area (Å²) in [5, 5.41) is 3.57. The zero-order valence-electron chi connectivity index (χ0n) is 11.7. The molecule has 1 saturated heterocycles. The van der Waals surface area contributed by atoms with Gasteiger partial charge in [-0.1, -0.05) is 6.07 Å².